The van der Waals surface area contributed by atoms with Crippen LogP contribution in [0.1, 0.15) is 0 Å². The maximum Gasteiger partial charge on any atom is 0.460 e. The van der Waals surface area contributed by atoms with E-state index in [1.807, 2.05) is 31.9 Å². The van der Waals surface area contributed by atoms with E-state index in [0.717, 1.165) is 0 Å². The van der Waals surface area contributed by atoms with Gasteiger partial charge >= 0.3 is 118 Å². The van der Waals surface area contributed by atoms with Crippen LogP contribution >= 0.6 is 55.4 Å². The number of thioether (sulfide) groups is 2. The smallest absolute Gasteiger partial charge is 0.192 e. The summed E-state index contributed by atoms with van der Waals surface area (Å²) >= 11 is -1.68. The molecule has 0 aromatic heterocycles. The Labute approximate surface area is 384 Å². The quantitative estimate of drug-likeness (QED) is 0.0698. The molecule has 0 aromatic rings. The zero-order valence-electron chi connectivity index (χ0n) is 30.8. The Hall–Kier alpha value is -1.28. The van der Waals surface area contributed by atoms with Gasteiger partial charge in [0.15, 0.2) is 0 Å². The highest BCUT2D eigenvalue weighted by Gasteiger charge is 3.00. The third kappa shape index (κ3) is 9.37. The zero-order valence-corrected chi connectivity index (χ0v) is 35.6. The number of hydrogen-bond acceptors (Lipinski definition) is 2. The van der Waals surface area contributed by atoms with Gasteiger partial charge in [0, 0.05) is 27.6 Å². The lowest BCUT2D eigenvalue weighted by molar-refractivity contribution is -0.472. The first-order chi connectivity index (χ1) is 30.0. The van der Waals surface area contributed by atoms with Gasteiger partial charge in [0.05, 0.1) is 0 Å². The van der Waals surface area contributed by atoms with Gasteiger partial charge in [0.2, 0.25) is 0 Å². The first-order valence-electron chi connectivity index (χ1n) is 15.4. The molecule has 0 aliphatic carbocycles. The summed E-state index contributed by atoms with van der Waals surface area (Å²) < 4.78 is 573. The predicted molar refractivity (Wildman–Crippen MR) is 156 cm³/mol. The van der Waals surface area contributed by atoms with Crippen molar-refractivity contribution in [3.63, 3.8) is 0 Å². The molecule has 0 saturated heterocycles. The normalized spacial score (nSPS) is 17.1. The summed E-state index contributed by atoms with van der Waals surface area (Å²) in [7, 11) is 0. The van der Waals surface area contributed by atoms with E-state index in [-0.39, 0.29) is 0 Å². The van der Waals surface area contributed by atoms with Gasteiger partial charge in [-0.05, 0) is 0 Å². The van der Waals surface area contributed by atoms with Gasteiger partial charge in [-0.1, -0.05) is 55.4 Å². The van der Waals surface area contributed by atoms with Gasteiger partial charge < -0.3 is 0 Å². The molecule has 0 saturated carbocycles. The standard InChI is InChI=1S/C25H8Br2F42S2/c26-1-5(2-27,3-70-24(66,67)20(56,57)16(48,49)12(40,41)8(32,33)6(28,29)10(36,37)14(44,45)18(52,53)22(60,61)62)4-71-25(68,69)21(58,59)17(50,51)13(42,43)9(34,35)7(30,31)11(38,39)15(46,47)19(54,55)23(63,64)65/h1-4H2. The molecule has 0 heterocycles. The molecule has 0 radical (unpaired) electrons. The third-order valence-corrected chi connectivity index (χ3v) is 13.8. The summed E-state index contributed by atoms with van der Waals surface area (Å²) in [5.41, 5.74) is -3.65. The summed E-state index contributed by atoms with van der Waals surface area (Å²) in [6, 6.07) is 0. The van der Waals surface area contributed by atoms with Crippen molar-refractivity contribution in [3.8, 4) is 0 Å². The van der Waals surface area contributed by atoms with Crippen LogP contribution in [0.3, 0.4) is 0 Å². The van der Waals surface area contributed by atoms with Gasteiger partial charge in [0.1, 0.15) is 0 Å². The zero-order chi connectivity index (χ0) is 58.7. The number of hydrogen-bond donors (Lipinski definition) is 0. The minimum atomic E-state index is -9.68. The maximum absolute atomic E-state index is 14.5. The molecule has 0 N–H and O–H groups in total. The van der Waals surface area contributed by atoms with Crippen molar-refractivity contribution in [2.75, 3.05) is 22.2 Å². The molecule has 0 fully saturated rings. The van der Waals surface area contributed by atoms with Crippen LogP contribution in [0.25, 0.3) is 0 Å². The van der Waals surface area contributed by atoms with Crippen LogP contribution < -0.4 is 0 Å². The van der Waals surface area contributed by atoms with Gasteiger partial charge in [-0.25, -0.2) is 0 Å². The van der Waals surface area contributed by atoms with Gasteiger partial charge in [-0.15, -0.1) is 0 Å². The molecule has 0 spiro atoms. The largest absolute Gasteiger partial charge is 0.460 e. The predicted octanol–water partition coefficient (Wildman–Crippen LogP) is 16.7. The summed E-state index contributed by atoms with van der Waals surface area (Å²) in [6.45, 7) is 0. The molecule has 0 aromatic carbocycles. The lowest BCUT2D eigenvalue weighted by Gasteiger charge is -2.45. The van der Waals surface area contributed by atoms with Gasteiger partial charge in [0.25, 0.3) is 0 Å². The van der Waals surface area contributed by atoms with Gasteiger partial charge in [-0.2, -0.15) is 184 Å². The summed E-state index contributed by atoms with van der Waals surface area (Å²) in [6.07, 6.45) is -16.6. The summed E-state index contributed by atoms with van der Waals surface area (Å²) in [4.78, 5) is 0. The van der Waals surface area contributed by atoms with Crippen molar-refractivity contribution in [3.05, 3.63) is 0 Å². The fourth-order valence-corrected chi connectivity index (χ4v) is 9.09. The molecule has 0 aliphatic rings. The molecule has 0 atom stereocenters. The van der Waals surface area contributed by atoms with E-state index < -0.39 is 169 Å². The molecular formula is C25H8Br2F42S2. The van der Waals surface area contributed by atoms with E-state index in [2.05, 4.69) is 0 Å². The molecular weight excluding hydrogens is 1320 g/mol. The molecule has 0 aliphatic heterocycles. The molecule has 0 bridgehead atoms. The lowest BCUT2D eigenvalue weighted by Crippen LogP contribution is -2.76. The lowest BCUT2D eigenvalue weighted by atomic mass is 9.87. The molecule has 46 heteroatoms. The van der Waals surface area contributed by atoms with Crippen LogP contribution in [0.4, 0.5) is 184 Å². The second-order valence-electron chi connectivity index (χ2n) is 13.6. The average Bonchev–Trinajstić information content (AvgIpc) is 3.15. The minimum absolute atomic E-state index is 1.89. The molecule has 0 rings (SSSR count). The number of rotatable bonds is 24. The molecule has 0 unspecified atom stereocenters. The molecule has 0 nitrogen and oxygen atoms in total. The van der Waals surface area contributed by atoms with Crippen LogP contribution in [-0.4, -0.2) is 140 Å². The average molecular weight is 1330 g/mol. The Kier molecular flexibility index (Phi) is 18.1. The van der Waals surface area contributed by atoms with Crippen LogP contribution in [0.15, 0.2) is 0 Å². The SMILES string of the molecule is FC(F)(F)C(F)(F)C(F)(F)C(F)(F)C(F)(F)C(F)(F)C(F)(F)C(F)(F)C(F)(F)C(F)(F)SCC(CBr)(CBr)CSC(F)(F)C(F)(F)C(F)(F)C(F)(F)C(F)(F)C(F)(F)C(F)(F)C(F)(F)C(F)(F)C(F)(F)F. The number of halogens is 44. The summed E-state index contributed by atoms with van der Waals surface area (Å²) in [5.74, 6) is -155. The third-order valence-electron chi connectivity index (χ3n) is 8.65. The van der Waals surface area contributed by atoms with Crippen molar-refractivity contribution in [2.24, 2.45) is 5.41 Å². The molecule has 71 heavy (non-hydrogen) atoms. The van der Waals surface area contributed by atoms with E-state index in [1.165, 1.54) is 0 Å². The minimum Gasteiger partial charge on any atom is -0.192 e. The second kappa shape index (κ2) is 18.4. The Morgan fingerprint density at radius 1 is 0.197 bits per heavy atom. The molecule has 428 valence electrons. The van der Waals surface area contributed by atoms with Crippen LogP contribution in [-0.2, 0) is 0 Å². The first kappa shape index (κ1) is 69.7. The highest BCUT2D eigenvalue weighted by atomic mass is 79.9. The van der Waals surface area contributed by atoms with Crippen LogP contribution in [0.2, 0.25) is 0 Å². The first-order valence-corrected chi connectivity index (χ1v) is 19.6. The van der Waals surface area contributed by atoms with Crippen molar-refractivity contribution in [1.82, 2.24) is 0 Å². The number of alkyl halides is 44. The second-order valence-corrected chi connectivity index (χ2v) is 16.9. The highest BCUT2D eigenvalue weighted by Crippen LogP contribution is 2.70. The Morgan fingerprint density at radius 2 is 0.324 bits per heavy atom. The monoisotopic (exact) mass is 1330 g/mol. The van der Waals surface area contributed by atoms with Crippen molar-refractivity contribution in [1.29, 1.82) is 0 Å². The van der Waals surface area contributed by atoms with Crippen molar-refractivity contribution < 1.29 is 184 Å². The summed E-state index contributed by atoms with van der Waals surface area (Å²) in [5, 5.41) is -19.2. The van der Waals surface area contributed by atoms with E-state index >= 15 is 0 Å². The Balaban J connectivity index is 7.26. The van der Waals surface area contributed by atoms with Crippen molar-refractivity contribution >= 4 is 55.4 Å². The van der Waals surface area contributed by atoms with Crippen LogP contribution in [0.5, 0.6) is 0 Å². The topological polar surface area (TPSA) is 0 Å². The van der Waals surface area contributed by atoms with Gasteiger partial charge in [-0.3, -0.25) is 0 Å². The van der Waals surface area contributed by atoms with E-state index in [9.17, 15) is 184 Å². The fourth-order valence-electron chi connectivity index (χ4n) is 3.99. The van der Waals surface area contributed by atoms with E-state index in [4.69, 9.17) is 0 Å². The van der Waals surface area contributed by atoms with E-state index in [1.54, 1.807) is 0 Å². The Morgan fingerprint density at radius 3 is 0.451 bits per heavy atom. The van der Waals surface area contributed by atoms with E-state index in [0.29, 0.717) is 0 Å². The fraction of sp³-hybridized carbons (Fsp3) is 1.00. The Bertz CT molecular complexity index is 1720. The van der Waals surface area contributed by atoms with Crippen molar-refractivity contribution in [2.45, 2.75) is 118 Å². The maximum atomic E-state index is 14.5. The highest BCUT2D eigenvalue weighted by molar-refractivity contribution is 9.09. The van der Waals surface area contributed by atoms with Crippen LogP contribution in [0, 0.1) is 5.41 Å². The molecule has 0 amide bonds.